The molecule has 0 heterocycles. The van der Waals surface area contributed by atoms with E-state index in [-0.39, 0.29) is 5.78 Å². The zero-order valence-electron chi connectivity index (χ0n) is 11.6. The number of methoxy groups -OCH3 is 1. The SMILES string of the molecule is COc1ccc(C(=O)Cc2cc(C)ccc2C)cc1. The molecule has 0 fully saturated rings. The van der Waals surface area contributed by atoms with E-state index in [2.05, 4.69) is 18.2 Å². The van der Waals surface area contributed by atoms with Crippen molar-refractivity contribution in [2.45, 2.75) is 20.3 Å². The minimum absolute atomic E-state index is 0.136. The maximum absolute atomic E-state index is 12.2. The van der Waals surface area contributed by atoms with Crippen LogP contribution in [0.1, 0.15) is 27.0 Å². The molecule has 2 rings (SSSR count). The van der Waals surface area contributed by atoms with Crippen LogP contribution in [0.4, 0.5) is 0 Å². The molecule has 2 heteroatoms. The summed E-state index contributed by atoms with van der Waals surface area (Å²) in [5.41, 5.74) is 4.16. The lowest BCUT2D eigenvalue weighted by molar-refractivity contribution is 0.0992. The molecule has 2 nitrogen and oxygen atoms in total. The van der Waals surface area contributed by atoms with Crippen LogP contribution in [0.2, 0.25) is 0 Å². The van der Waals surface area contributed by atoms with Crippen molar-refractivity contribution in [3.8, 4) is 5.75 Å². The number of aryl methyl sites for hydroxylation is 2. The van der Waals surface area contributed by atoms with E-state index in [9.17, 15) is 4.79 Å². The Labute approximate surface area is 114 Å². The van der Waals surface area contributed by atoms with E-state index in [0.29, 0.717) is 6.42 Å². The number of hydrogen-bond acceptors (Lipinski definition) is 2. The molecule has 0 spiro atoms. The minimum Gasteiger partial charge on any atom is -0.497 e. The lowest BCUT2D eigenvalue weighted by atomic mass is 9.98. The molecule has 0 atom stereocenters. The van der Waals surface area contributed by atoms with Crippen molar-refractivity contribution in [1.29, 1.82) is 0 Å². The van der Waals surface area contributed by atoms with E-state index in [1.165, 1.54) is 5.56 Å². The number of carbonyl (C=O) groups is 1. The number of carbonyl (C=O) groups excluding carboxylic acids is 1. The number of Topliss-reactive ketones (excluding diaryl/α,β-unsaturated/α-hetero) is 1. The Hall–Kier alpha value is -2.09. The third kappa shape index (κ3) is 3.22. The van der Waals surface area contributed by atoms with Crippen molar-refractivity contribution < 1.29 is 9.53 Å². The second-order valence-corrected chi connectivity index (χ2v) is 4.76. The van der Waals surface area contributed by atoms with Gasteiger partial charge in [-0.2, -0.15) is 0 Å². The minimum atomic E-state index is 0.136. The summed E-state index contributed by atoms with van der Waals surface area (Å²) in [6, 6.07) is 13.5. The van der Waals surface area contributed by atoms with Crippen LogP contribution in [0, 0.1) is 13.8 Å². The Morgan fingerprint density at radius 3 is 2.37 bits per heavy atom. The van der Waals surface area contributed by atoms with E-state index in [1.807, 2.05) is 38.1 Å². The fraction of sp³-hybridized carbons (Fsp3) is 0.235. The van der Waals surface area contributed by atoms with Crippen molar-refractivity contribution in [2.24, 2.45) is 0 Å². The summed E-state index contributed by atoms with van der Waals surface area (Å²) < 4.78 is 5.09. The van der Waals surface area contributed by atoms with Crippen LogP contribution < -0.4 is 4.74 Å². The van der Waals surface area contributed by atoms with Gasteiger partial charge in [-0.25, -0.2) is 0 Å². The first-order valence-electron chi connectivity index (χ1n) is 6.33. The van der Waals surface area contributed by atoms with Gasteiger partial charge in [-0.05, 0) is 49.2 Å². The second kappa shape index (κ2) is 5.70. The molecule has 0 amide bonds. The molecule has 0 aliphatic carbocycles. The lowest BCUT2D eigenvalue weighted by Gasteiger charge is -2.07. The molecule has 0 bridgehead atoms. The molecule has 98 valence electrons. The van der Waals surface area contributed by atoms with Gasteiger partial charge in [-0.15, -0.1) is 0 Å². The molecular formula is C17H18O2. The summed E-state index contributed by atoms with van der Waals surface area (Å²) in [6.45, 7) is 4.08. The van der Waals surface area contributed by atoms with Crippen molar-refractivity contribution >= 4 is 5.78 Å². The van der Waals surface area contributed by atoms with Gasteiger partial charge in [0.25, 0.3) is 0 Å². The zero-order chi connectivity index (χ0) is 13.8. The molecule has 0 radical (unpaired) electrons. The summed E-state index contributed by atoms with van der Waals surface area (Å²) in [5.74, 6) is 0.902. The van der Waals surface area contributed by atoms with Crippen molar-refractivity contribution in [3.05, 3.63) is 64.7 Å². The van der Waals surface area contributed by atoms with Crippen LogP contribution in [-0.4, -0.2) is 12.9 Å². The zero-order valence-corrected chi connectivity index (χ0v) is 11.6. The summed E-state index contributed by atoms with van der Waals surface area (Å²) >= 11 is 0. The number of ketones is 1. The van der Waals surface area contributed by atoms with E-state index < -0.39 is 0 Å². The highest BCUT2D eigenvalue weighted by Crippen LogP contribution is 2.16. The Morgan fingerprint density at radius 2 is 1.74 bits per heavy atom. The molecule has 0 saturated carbocycles. The fourth-order valence-corrected chi connectivity index (χ4v) is 2.04. The van der Waals surface area contributed by atoms with Gasteiger partial charge in [0.2, 0.25) is 0 Å². The van der Waals surface area contributed by atoms with E-state index >= 15 is 0 Å². The molecule has 2 aromatic rings. The molecule has 0 saturated heterocycles. The van der Waals surface area contributed by atoms with Gasteiger partial charge in [0.1, 0.15) is 5.75 Å². The predicted molar refractivity (Wildman–Crippen MR) is 76.9 cm³/mol. The van der Waals surface area contributed by atoms with Crippen molar-refractivity contribution in [3.63, 3.8) is 0 Å². The normalized spacial score (nSPS) is 10.3. The van der Waals surface area contributed by atoms with E-state index in [0.717, 1.165) is 22.4 Å². The van der Waals surface area contributed by atoms with E-state index in [1.54, 1.807) is 7.11 Å². The highest BCUT2D eigenvalue weighted by atomic mass is 16.5. The van der Waals surface area contributed by atoms with Crippen LogP contribution >= 0.6 is 0 Å². The van der Waals surface area contributed by atoms with Crippen LogP contribution in [0.5, 0.6) is 5.75 Å². The summed E-state index contributed by atoms with van der Waals surface area (Å²) in [5, 5.41) is 0. The largest absolute Gasteiger partial charge is 0.497 e. The van der Waals surface area contributed by atoms with Crippen LogP contribution in [0.15, 0.2) is 42.5 Å². The quantitative estimate of drug-likeness (QED) is 0.777. The van der Waals surface area contributed by atoms with Crippen LogP contribution in [-0.2, 0) is 6.42 Å². The Bertz CT molecular complexity index is 583. The fourth-order valence-electron chi connectivity index (χ4n) is 2.04. The molecule has 0 unspecified atom stereocenters. The van der Waals surface area contributed by atoms with Gasteiger partial charge >= 0.3 is 0 Å². The van der Waals surface area contributed by atoms with Gasteiger partial charge in [0, 0.05) is 12.0 Å². The average molecular weight is 254 g/mol. The highest BCUT2D eigenvalue weighted by Gasteiger charge is 2.09. The Morgan fingerprint density at radius 1 is 1.05 bits per heavy atom. The summed E-state index contributed by atoms with van der Waals surface area (Å²) in [6.07, 6.45) is 0.444. The van der Waals surface area contributed by atoms with E-state index in [4.69, 9.17) is 4.74 Å². The second-order valence-electron chi connectivity index (χ2n) is 4.76. The van der Waals surface area contributed by atoms with Crippen molar-refractivity contribution in [2.75, 3.05) is 7.11 Å². The smallest absolute Gasteiger partial charge is 0.167 e. The lowest BCUT2D eigenvalue weighted by Crippen LogP contribution is -2.05. The highest BCUT2D eigenvalue weighted by molar-refractivity contribution is 5.97. The molecule has 0 aliphatic heterocycles. The van der Waals surface area contributed by atoms with Crippen molar-refractivity contribution in [1.82, 2.24) is 0 Å². The molecule has 0 aromatic heterocycles. The number of rotatable bonds is 4. The van der Waals surface area contributed by atoms with Gasteiger partial charge in [0.15, 0.2) is 5.78 Å². The maximum Gasteiger partial charge on any atom is 0.167 e. The Kier molecular flexibility index (Phi) is 4.00. The third-order valence-corrected chi connectivity index (χ3v) is 3.27. The first-order chi connectivity index (χ1) is 9.10. The number of hydrogen-bond donors (Lipinski definition) is 0. The molecule has 0 aliphatic rings. The Balaban J connectivity index is 2.18. The summed E-state index contributed by atoms with van der Waals surface area (Å²) in [7, 11) is 1.62. The molecular weight excluding hydrogens is 236 g/mol. The molecule has 0 N–H and O–H groups in total. The first kappa shape index (κ1) is 13.3. The maximum atomic E-state index is 12.2. The first-order valence-corrected chi connectivity index (χ1v) is 6.33. The van der Waals surface area contributed by atoms with Crippen LogP contribution in [0.25, 0.3) is 0 Å². The number of benzene rings is 2. The standard InChI is InChI=1S/C17H18O2/c1-12-4-5-13(2)15(10-12)11-17(18)14-6-8-16(19-3)9-7-14/h4-10H,11H2,1-3H3. The summed E-state index contributed by atoms with van der Waals surface area (Å²) in [4.78, 5) is 12.2. The van der Waals surface area contributed by atoms with Crippen LogP contribution in [0.3, 0.4) is 0 Å². The molecule has 19 heavy (non-hydrogen) atoms. The monoisotopic (exact) mass is 254 g/mol. The average Bonchev–Trinajstić information content (AvgIpc) is 2.43. The van der Waals surface area contributed by atoms with Gasteiger partial charge < -0.3 is 4.74 Å². The van der Waals surface area contributed by atoms with Gasteiger partial charge in [-0.3, -0.25) is 4.79 Å². The predicted octanol–water partition coefficient (Wildman–Crippen LogP) is 3.74. The third-order valence-electron chi connectivity index (χ3n) is 3.27. The topological polar surface area (TPSA) is 26.3 Å². The molecule has 2 aromatic carbocycles. The van der Waals surface area contributed by atoms with Gasteiger partial charge in [-0.1, -0.05) is 23.8 Å². The van der Waals surface area contributed by atoms with Gasteiger partial charge in [0.05, 0.1) is 7.11 Å². The number of ether oxygens (including phenoxy) is 1.